The second-order valence-electron chi connectivity index (χ2n) is 6.47. The lowest BCUT2D eigenvalue weighted by Crippen LogP contribution is -2.10. The third kappa shape index (κ3) is 3.55. The Labute approximate surface area is 171 Å². The first-order valence-electron chi connectivity index (χ1n) is 8.41. The highest BCUT2D eigenvalue weighted by atomic mass is 35.5. The van der Waals surface area contributed by atoms with Crippen LogP contribution in [-0.2, 0) is 5.75 Å². The van der Waals surface area contributed by atoms with E-state index in [1.807, 2.05) is 35.6 Å². The van der Waals surface area contributed by atoms with E-state index in [1.165, 1.54) is 12.8 Å². The highest BCUT2D eigenvalue weighted by molar-refractivity contribution is 8.08. The minimum absolute atomic E-state index is 0.181. The summed E-state index contributed by atoms with van der Waals surface area (Å²) in [4.78, 5) is 5.08. The van der Waals surface area contributed by atoms with E-state index in [0.29, 0.717) is 15.7 Å². The molecule has 0 atom stereocenters. The van der Waals surface area contributed by atoms with Crippen molar-refractivity contribution in [2.24, 2.45) is 5.92 Å². The molecule has 0 radical (unpaired) electrons. The Balaban J connectivity index is 1.72. The molecule has 2 aliphatic rings. The fourth-order valence-electron chi connectivity index (χ4n) is 2.87. The van der Waals surface area contributed by atoms with Crippen molar-refractivity contribution in [2.45, 2.75) is 18.6 Å². The molecular formula is C19H18Cl2N2OS2. The normalized spacial score (nSPS) is 16.6. The predicted molar refractivity (Wildman–Crippen MR) is 115 cm³/mol. The fraction of sp³-hybridized carbons (Fsp3) is 0.316. The van der Waals surface area contributed by atoms with E-state index in [9.17, 15) is 5.11 Å². The molecule has 1 aromatic carbocycles. The van der Waals surface area contributed by atoms with Gasteiger partial charge in [-0.3, -0.25) is 4.98 Å². The molecule has 2 aromatic rings. The second kappa shape index (κ2) is 7.55. The molecule has 0 saturated heterocycles. The van der Waals surface area contributed by atoms with Gasteiger partial charge in [-0.2, -0.15) is 0 Å². The van der Waals surface area contributed by atoms with Crippen molar-refractivity contribution in [3.8, 4) is 0 Å². The summed E-state index contributed by atoms with van der Waals surface area (Å²) >= 11 is 16.5. The monoisotopic (exact) mass is 424 g/mol. The van der Waals surface area contributed by atoms with Crippen LogP contribution in [0.5, 0.6) is 0 Å². The lowest BCUT2D eigenvalue weighted by atomic mass is 10.1. The van der Waals surface area contributed by atoms with Crippen LogP contribution in [-0.4, -0.2) is 22.9 Å². The molecule has 0 spiro atoms. The van der Waals surface area contributed by atoms with Crippen LogP contribution in [0.3, 0.4) is 0 Å². The Kier molecular flexibility index (Phi) is 5.33. The van der Waals surface area contributed by atoms with Gasteiger partial charge in [-0.25, -0.2) is 0 Å². The van der Waals surface area contributed by atoms with Crippen molar-refractivity contribution in [1.29, 1.82) is 0 Å². The number of fused-ring (bicyclic) bond motifs is 1. The zero-order valence-corrected chi connectivity index (χ0v) is 17.4. The number of aromatic nitrogens is 1. The first kappa shape index (κ1) is 18.4. The average Bonchev–Trinajstić information content (AvgIpc) is 3.46. The molecule has 2 heterocycles. The number of thioether (sulfide) groups is 1. The number of pyridine rings is 1. The molecule has 4 rings (SSSR count). The largest absolute Gasteiger partial charge is 0.505 e. The smallest absolute Gasteiger partial charge is 0.155 e. The molecule has 0 unspecified atom stereocenters. The number of hydrogen-bond acceptors (Lipinski definition) is 5. The number of benzene rings is 1. The first-order chi connectivity index (χ1) is 12.6. The van der Waals surface area contributed by atoms with Crippen LogP contribution in [0.2, 0.25) is 10.0 Å². The number of nitrogens with zero attached hydrogens (tertiary/aromatic N) is 2. The van der Waals surface area contributed by atoms with Gasteiger partial charge in [-0.1, -0.05) is 35.3 Å². The van der Waals surface area contributed by atoms with Gasteiger partial charge in [0.15, 0.2) is 5.76 Å². The molecule has 1 aliphatic heterocycles. The topological polar surface area (TPSA) is 36.4 Å². The van der Waals surface area contributed by atoms with Crippen LogP contribution in [0.15, 0.2) is 30.5 Å². The number of aliphatic hydroxyl groups excluding tert-OH is 1. The van der Waals surface area contributed by atoms with Gasteiger partial charge in [-0.15, -0.1) is 11.8 Å². The summed E-state index contributed by atoms with van der Waals surface area (Å²) in [5.41, 5.74) is 3.25. The minimum Gasteiger partial charge on any atom is -0.505 e. The van der Waals surface area contributed by atoms with Gasteiger partial charge in [0.1, 0.15) is 5.69 Å². The van der Waals surface area contributed by atoms with E-state index < -0.39 is 0 Å². The summed E-state index contributed by atoms with van der Waals surface area (Å²) in [5, 5.41) is 11.9. The SMILES string of the molecule is CN(SCC1CC1)c1c(Cl)ccc(C2=C(O)c3ncccc3CS2)c1Cl. The minimum atomic E-state index is 0.181. The molecular weight excluding hydrogens is 407 g/mol. The summed E-state index contributed by atoms with van der Waals surface area (Å²) in [5.74, 6) is 2.82. The molecule has 136 valence electrons. The van der Waals surface area contributed by atoms with Gasteiger partial charge < -0.3 is 9.41 Å². The maximum atomic E-state index is 10.8. The summed E-state index contributed by atoms with van der Waals surface area (Å²) in [6.45, 7) is 0. The summed E-state index contributed by atoms with van der Waals surface area (Å²) in [6.07, 6.45) is 4.32. The predicted octanol–water partition coefficient (Wildman–Crippen LogP) is 6.51. The summed E-state index contributed by atoms with van der Waals surface area (Å²) in [7, 11) is 1.99. The van der Waals surface area contributed by atoms with Gasteiger partial charge in [-0.05, 0) is 48.4 Å². The molecule has 0 bridgehead atoms. The molecule has 1 aromatic heterocycles. The van der Waals surface area contributed by atoms with Gasteiger partial charge >= 0.3 is 0 Å². The van der Waals surface area contributed by atoms with Crippen molar-refractivity contribution >= 4 is 63.3 Å². The van der Waals surface area contributed by atoms with Crippen molar-refractivity contribution in [1.82, 2.24) is 4.98 Å². The Hall–Kier alpha value is -1.01. The van der Waals surface area contributed by atoms with E-state index >= 15 is 0 Å². The van der Waals surface area contributed by atoms with Crippen LogP contribution in [0.1, 0.15) is 29.7 Å². The second-order valence-corrected chi connectivity index (χ2v) is 9.38. The zero-order chi connectivity index (χ0) is 18.3. The zero-order valence-electron chi connectivity index (χ0n) is 14.2. The lowest BCUT2D eigenvalue weighted by molar-refractivity contribution is 0.510. The van der Waals surface area contributed by atoms with Gasteiger partial charge in [0, 0.05) is 30.3 Å². The number of rotatable bonds is 5. The van der Waals surface area contributed by atoms with Gasteiger partial charge in [0.25, 0.3) is 0 Å². The Bertz CT molecular complexity index is 884. The molecule has 3 nitrogen and oxygen atoms in total. The van der Waals surface area contributed by atoms with E-state index in [-0.39, 0.29) is 5.76 Å². The summed E-state index contributed by atoms with van der Waals surface area (Å²) < 4.78 is 2.05. The van der Waals surface area contributed by atoms with E-state index in [1.54, 1.807) is 29.9 Å². The van der Waals surface area contributed by atoms with Crippen molar-refractivity contribution in [3.05, 3.63) is 57.3 Å². The highest BCUT2D eigenvalue weighted by Crippen LogP contribution is 2.48. The van der Waals surface area contributed by atoms with Crippen molar-refractivity contribution in [2.75, 3.05) is 17.1 Å². The number of anilines is 1. The van der Waals surface area contributed by atoms with Gasteiger partial charge in [0.05, 0.1) is 20.6 Å². The molecule has 1 aliphatic carbocycles. The molecule has 1 saturated carbocycles. The quantitative estimate of drug-likeness (QED) is 0.553. The van der Waals surface area contributed by atoms with Crippen LogP contribution in [0.4, 0.5) is 5.69 Å². The highest BCUT2D eigenvalue weighted by Gasteiger charge is 2.26. The maximum Gasteiger partial charge on any atom is 0.155 e. The van der Waals surface area contributed by atoms with Crippen LogP contribution in [0.25, 0.3) is 10.7 Å². The number of aliphatic hydroxyl groups is 1. The molecule has 0 amide bonds. The third-order valence-electron chi connectivity index (χ3n) is 4.53. The average molecular weight is 425 g/mol. The molecule has 7 heteroatoms. The molecule has 1 N–H and O–H groups in total. The standard InChI is InChI=1S/C19H18Cl2N2OS2/c1-23(26-9-11-4-5-11)17-14(20)7-6-13(15(17)21)19-18(24)16-12(10-25-19)3-2-8-22-16/h2-3,6-8,11,24H,4-5,9-10H2,1H3. The van der Waals surface area contributed by atoms with Crippen LogP contribution >= 0.6 is 46.9 Å². The third-order valence-corrected chi connectivity index (χ3v) is 7.57. The Morgan fingerprint density at radius 3 is 2.88 bits per heavy atom. The molecule has 1 fully saturated rings. The molecule has 26 heavy (non-hydrogen) atoms. The van der Waals surface area contributed by atoms with Crippen LogP contribution < -0.4 is 4.31 Å². The Morgan fingerprint density at radius 1 is 1.31 bits per heavy atom. The summed E-state index contributed by atoms with van der Waals surface area (Å²) in [6, 6.07) is 7.59. The van der Waals surface area contributed by atoms with Gasteiger partial charge in [0.2, 0.25) is 0 Å². The number of hydrogen-bond donors (Lipinski definition) is 1. The van der Waals surface area contributed by atoms with E-state index in [0.717, 1.165) is 39.1 Å². The van der Waals surface area contributed by atoms with Crippen molar-refractivity contribution < 1.29 is 5.11 Å². The maximum absolute atomic E-state index is 10.8. The van der Waals surface area contributed by atoms with E-state index in [4.69, 9.17) is 23.2 Å². The van der Waals surface area contributed by atoms with Crippen molar-refractivity contribution in [3.63, 3.8) is 0 Å². The van der Waals surface area contributed by atoms with Crippen LogP contribution in [0, 0.1) is 5.92 Å². The van der Waals surface area contributed by atoms with E-state index in [2.05, 4.69) is 4.98 Å². The Morgan fingerprint density at radius 2 is 2.12 bits per heavy atom. The fourth-order valence-corrected chi connectivity index (χ4v) is 5.92. The lowest BCUT2D eigenvalue weighted by Gasteiger charge is -2.24. The first-order valence-corrected chi connectivity index (χ1v) is 11.1. The number of halogens is 2.